The fourth-order valence-corrected chi connectivity index (χ4v) is 6.47. The number of benzene rings is 1. The first-order valence-corrected chi connectivity index (χ1v) is 15.6. The van der Waals surface area contributed by atoms with Crippen molar-refractivity contribution >= 4 is 27.2 Å². The summed E-state index contributed by atoms with van der Waals surface area (Å²) < 4.78 is 40.3. The predicted molar refractivity (Wildman–Crippen MR) is 155 cm³/mol. The van der Waals surface area contributed by atoms with Gasteiger partial charge in [-0.05, 0) is 44.7 Å². The number of carbonyl (C=O) groups is 1. The monoisotopic (exact) mass is 597 g/mol. The van der Waals surface area contributed by atoms with Crippen molar-refractivity contribution in [2.45, 2.75) is 49.0 Å². The van der Waals surface area contributed by atoms with Crippen molar-refractivity contribution in [3.8, 4) is 16.8 Å². The second-order valence-corrected chi connectivity index (χ2v) is 12.2. The van der Waals surface area contributed by atoms with Gasteiger partial charge in [-0.1, -0.05) is 18.2 Å². The normalized spacial score (nSPS) is 19.3. The van der Waals surface area contributed by atoms with Crippen molar-refractivity contribution in [1.82, 2.24) is 29.9 Å². The molecule has 224 valence electrons. The van der Waals surface area contributed by atoms with E-state index in [-0.39, 0.29) is 29.1 Å². The Labute approximate surface area is 243 Å². The van der Waals surface area contributed by atoms with Gasteiger partial charge in [-0.2, -0.15) is 14.7 Å². The molecule has 1 aromatic carbocycles. The maximum Gasteiger partial charge on any atom is 0.275 e. The number of hydrogen-bond acceptors (Lipinski definition) is 10. The molecule has 0 aliphatic heterocycles. The van der Waals surface area contributed by atoms with Gasteiger partial charge >= 0.3 is 0 Å². The molecule has 0 spiro atoms. The molecule has 1 fully saturated rings. The number of para-hydroxylation sites is 1. The molecule has 4 aromatic rings. The van der Waals surface area contributed by atoms with Crippen LogP contribution in [0.5, 0.6) is 0 Å². The molecule has 1 saturated carbocycles. The van der Waals surface area contributed by atoms with Crippen molar-refractivity contribution < 1.29 is 27.5 Å². The van der Waals surface area contributed by atoms with Crippen LogP contribution in [-0.4, -0.2) is 77.5 Å². The molecule has 0 radical (unpaired) electrons. The van der Waals surface area contributed by atoms with Crippen LogP contribution >= 0.6 is 0 Å². The number of methoxy groups -OCH3 is 1. The van der Waals surface area contributed by atoms with Gasteiger partial charge in [-0.15, -0.1) is 0 Å². The van der Waals surface area contributed by atoms with E-state index in [4.69, 9.17) is 25.0 Å². The van der Waals surface area contributed by atoms with Gasteiger partial charge < -0.3 is 15.2 Å². The first-order valence-electron chi connectivity index (χ1n) is 13.7. The van der Waals surface area contributed by atoms with E-state index in [1.165, 1.54) is 4.52 Å². The maximum atomic E-state index is 13.1. The van der Waals surface area contributed by atoms with Crippen LogP contribution in [0.4, 0.5) is 5.82 Å². The second-order valence-electron chi connectivity index (χ2n) is 10.3. The highest BCUT2D eigenvalue weighted by Crippen LogP contribution is 2.43. The first kappa shape index (κ1) is 29.6. The lowest BCUT2D eigenvalue weighted by molar-refractivity contribution is -0.167. The van der Waals surface area contributed by atoms with E-state index in [2.05, 4.69) is 15.7 Å². The number of nitrogens with two attached hydrogens (primary N) is 1. The number of aromatic nitrogens is 5. The standard InChI is InChI=1S/C28H35N7O6S/c1-4-41-33-27(36)28(40-15-14-39-2)12-10-19(11-13-28)23-24(42(3,37)38)25(29)35-26(32-23)22(17-31-35)20-16-30-34(18-20)21-8-6-5-7-9-21/h5-9,16-19H,4,10-15,29H2,1-3H3,(H,33,36)/t19-,28-. The van der Waals surface area contributed by atoms with Gasteiger partial charge in [0.15, 0.2) is 15.5 Å². The quantitative estimate of drug-likeness (QED) is 0.194. The van der Waals surface area contributed by atoms with E-state index in [1.54, 1.807) is 31.1 Å². The summed E-state index contributed by atoms with van der Waals surface area (Å²) in [4.78, 5) is 23.1. The Morgan fingerprint density at radius 3 is 2.55 bits per heavy atom. The predicted octanol–water partition coefficient (Wildman–Crippen LogP) is 2.69. The van der Waals surface area contributed by atoms with Crippen molar-refractivity contribution in [2.75, 3.05) is 38.9 Å². The van der Waals surface area contributed by atoms with Crippen molar-refractivity contribution in [1.29, 1.82) is 0 Å². The number of carbonyl (C=O) groups excluding carboxylic acids is 1. The summed E-state index contributed by atoms with van der Waals surface area (Å²) in [5.41, 5.74) is 10.9. The lowest BCUT2D eigenvalue weighted by Crippen LogP contribution is -2.51. The fourth-order valence-electron chi connectivity index (χ4n) is 5.41. The van der Waals surface area contributed by atoms with E-state index in [0.717, 1.165) is 17.5 Å². The highest BCUT2D eigenvalue weighted by atomic mass is 32.2. The summed E-state index contributed by atoms with van der Waals surface area (Å²) in [6.45, 7) is 2.63. The summed E-state index contributed by atoms with van der Waals surface area (Å²) in [5.74, 6) is -0.684. The number of hydroxylamine groups is 1. The van der Waals surface area contributed by atoms with Crippen LogP contribution in [0.15, 0.2) is 53.8 Å². The van der Waals surface area contributed by atoms with Gasteiger partial charge in [0.2, 0.25) is 0 Å². The van der Waals surface area contributed by atoms with Gasteiger partial charge in [0.05, 0.1) is 43.6 Å². The SMILES string of the molecule is CCONC(=O)[C@]1(OCCOC)CC[C@H](c2nc3c(-c4cnn(-c5ccccc5)c4)cnn3c(N)c2S(C)(=O)=O)CC1. The average Bonchev–Trinajstić information content (AvgIpc) is 3.64. The van der Waals surface area contributed by atoms with E-state index in [0.29, 0.717) is 55.8 Å². The summed E-state index contributed by atoms with van der Waals surface area (Å²) in [5, 5.41) is 8.86. The average molecular weight is 598 g/mol. The van der Waals surface area contributed by atoms with Gasteiger partial charge in [0, 0.05) is 36.6 Å². The third-order valence-corrected chi connectivity index (χ3v) is 8.68. The number of hydrogen-bond donors (Lipinski definition) is 2. The number of anilines is 1. The first-order chi connectivity index (χ1) is 20.2. The van der Waals surface area contributed by atoms with Crippen LogP contribution in [-0.2, 0) is 28.9 Å². The Hall–Kier alpha value is -3.85. The Morgan fingerprint density at radius 2 is 1.88 bits per heavy atom. The molecular weight excluding hydrogens is 562 g/mol. The van der Waals surface area contributed by atoms with Crippen molar-refractivity contribution in [3.05, 3.63) is 54.6 Å². The Balaban J connectivity index is 1.52. The topological polar surface area (TPSA) is 165 Å². The zero-order valence-electron chi connectivity index (χ0n) is 23.8. The third kappa shape index (κ3) is 5.75. The molecular formula is C28H35N7O6S. The van der Waals surface area contributed by atoms with E-state index >= 15 is 0 Å². The molecule has 3 heterocycles. The van der Waals surface area contributed by atoms with Gasteiger partial charge in [0.1, 0.15) is 16.3 Å². The number of sulfone groups is 1. The minimum absolute atomic E-state index is 0.0125. The van der Waals surface area contributed by atoms with Crippen LogP contribution in [0, 0.1) is 0 Å². The molecule has 3 N–H and O–H groups in total. The Kier molecular flexibility index (Phi) is 8.59. The Bertz CT molecular complexity index is 1660. The summed E-state index contributed by atoms with van der Waals surface area (Å²) in [7, 11) is -2.22. The smallest absolute Gasteiger partial charge is 0.275 e. The highest BCUT2D eigenvalue weighted by Gasteiger charge is 2.45. The van der Waals surface area contributed by atoms with Crippen LogP contribution < -0.4 is 11.2 Å². The zero-order valence-corrected chi connectivity index (χ0v) is 24.6. The number of ether oxygens (including phenoxy) is 2. The number of amides is 1. The number of rotatable bonds is 11. The molecule has 0 saturated heterocycles. The third-order valence-electron chi connectivity index (χ3n) is 7.52. The summed E-state index contributed by atoms with van der Waals surface area (Å²) in [6, 6.07) is 9.66. The van der Waals surface area contributed by atoms with Crippen LogP contribution in [0.25, 0.3) is 22.5 Å². The minimum Gasteiger partial charge on any atom is -0.382 e. The number of nitrogen functional groups attached to an aromatic ring is 1. The van der Waals surface area contributed by atoms with Gasteiger partial charge in [0.25, 0.3) is 5.91 Å². The fraction of sp³-hybridized carbons (Fsp3) is 0.429. The van der Waals surface area contributed by atoms with Crippen LogP contribution in [0.1, 0.15) is 44.2 Å². The van der Waals surface area contributed by atoms with E-state index < -0.39 is 15.4 Å². The molecule has 0 atom stereocenters. The lowest BCUT2D eigenvalue weighted by Gasteiger charge is -2.38. The molecule has 14 heteroatoms. The molecule has 1 aliphatic carbocycles. The molecule has 42 heavy (non-hydrogen) atoms. The summed E-state index contributed by atoms with van der Waals surface area (Å²) >= 11 is 0. The molecule has 1 aliphatic rings. The number of nitrogens with zero attached hydrogens (tertiary/aromatic N) is 5. The number of fused-ring (bicyclic) bond motifs is 1. The van der Waals surface area contributed by atoms with Gasteiger partial charge in [-0.3, -0.25) is 9.63 Å². The largest absolute Gasteiger partial charge is 0.382 e. The second kappa shape index (κ2) is 12.2. The molecule has 0 unspecified atom stereocenters. The van der Waals surface area contributed by atoms with Crippen molar-refractivity contribution in [3.63, 3.8) is 0 Å². The summed E-state index contributed by atoms with van der Waals surface area (Å²) in [6.07, 6.45) is 7.81. The molecule has 3 aromatic heterocycles. The van der Waals surface area contributed by atoms with Crippen molar-refractivity contribution in [2.24, 2.45) is 0 Å². The number of nitrogens with one attached hydrogen (secondary N) is 1. The molecule has 13 nitrogen and oxygen atoms in total. The van der Waals surface area contributed by atoms with E-state index in [9.17, 15) is 13.2 Å². The van der Waals surface area contributed by atoms with Crippen LogP contribution in [0.2, 0.25) is 0 Å². The molecule has 5 rings (SSSR count). The van der Waals surface area contributed by atoms with E-state index in [1.807, 2.05) is 36.5 Å². The molecule has 0 bridgehead atoms. The van der Waals surface area contributed by atoms with Gasteiger partial charge in [-0.25, -0.2) is 23.6 Å². The zero-order chi connectivity index (χ0) is 29.9. The minimum atomic E-state index is -3.78. The highest BCUT2D eigenvalue weighted by molar-refractivity contribution is 7.91. The maximum absolute atomic E-state index is 13.1. The Morgan fingerprint density at radius 1 is 1.14 bits per heavy atom. The van der Waals surface area contributed by atoms with Crippen LogP contribution in [0.3, 0.4) is 0 Å². The molecule has 1 amide bonds. The lowest BCUT2D eigenvalue weighted by atomic mass is 9.76.